The molecule has 1 aliphatic rings. The Hall–Kier alpha value is -1.91. The van der Waals surface area contributed by atoms with Gasteiger partial charge in [-0.25, -0.2) is 4.98 Å². The Labute approximate surface area is 122 Å². The molecule has 21 heavy (non-hydrogen) atoms. The first kappa shape index (κ1) is 14.0. The molecule has 0 bridgehead atoms. The van der Waals surface area contributed by atoms with Gasteiger partial charge in [0.1, 0.15) is 5.52 Å². The lowest BCUT2D eigenvalue weighted by Gasteiger charge is -2.17. The quantitative estimate of drug-likeness (QED) is 0.863. The van der Waals surface area contributed by atoms with E-state index in [0.29, 0.717) is 5.52 Å². The number of alkyl halides is 2. The molecule has 0 amide bonds. The minimum absolute atomic E-state index is 0.144. The van der Waals surface area contributed by atoms with Gasteiger partial charge in [0.15, 0.2) is 5.75 Å². The van der Waals surface area contributed by atoms with Gasteiger partial charge in [-0.1, -0.05) is 18.6 Å². The van der Waals surface area contributed by atoms with Crippen LogP contribution in [0.3, 0.4) is 0 Å². The molecular formula is C16H18F2N2O. The van der Waals surface area contributed by atoms with E-state index in [1.807, 2.05) is 13.1 Å². The lowest BCUT2D eigenvalue weighted by atomic mass is 10.0. The second-order valence-corrected chi connectivity index (χ2v) is 5.25. The molecule has 0 aliphatic heterocycles. The summed E-state index contributed by atoms with van der Waals surface area (Å²) in [6, 6.07) is 5.17. The van der Waals surface area contributed by atoms with Crippen molar-refractivity contribution in [2.75, 3.05) is 12.4 Å². The fraction of sp³-hybridized carbons (Fsp3) is 0.438. The van der Waals surface area contributed by atoms with Crippen LogP contribution in [-0.4, -0.2) is 18.6 Å². The molecule has 0 unspecified atom stereocenters. The standard InChI is InChI=1S/C16H18F2N2O/c1-19-14-10-6-3-2-4-8-12(10)20-15-11(14)7-5-9-13(15)21-16(17)18/h5,7,9,16H,2-4,6,8H2,1H3,(H,19,20). The third-order valence-corrected chi connectivity index (χ3v) is 3.97. The molecule has 1 aliphatic carbocycles. The van der Waals surface area contributed by atoms with Crippen LogP contribution in [-0.2, 0) is 12.8 Å². The fourth-order valence-corrected chi connectivity index (χ4v) is 3.07. The molecule has 112 valence electrons. The van der Waals surface area contributed by atoms with E-state index in [1.54, 1.807) is 12.1 Å². The number of nitrogens with one attached hydrogen (secondary N) is 1. The maximum Gasteiger partial charge on any atom is 0.387 e. The third-order valence-electron chi connectivity index (χ3n) is 3.97. The van der Waals surface area contributed by atoms with Crippen molar-refractivity contribution in [2.24, 2.45) is 0 Å². The molecule has 1 aromatic heterocycles. The van der Waals surface area contributed by atoms with Gasteiger partial charge in [0.05, 0.1) is 0 Å². The van der Waals surface area contributed by atoms with Crippen LogP contribution in [0, 0.1) is 0 Å². The van der Waals surface area contributed by atoms with E-state index in [-0.39, 0.29) is 5.75 Å². The number of aryl methyl sites for hydroxylation is 1. The zero-order valence-corrected chi connectivity index (χ0v) is 12.0. The number of fused-ring (bicyclic) bond motifs is 2. The summed E-state index contributed by atoms with van der Waals surface area (Å²) in [5.74, 6) is 0.144. The van der Waals surface area contributed by atoms with E-state index < -0.39 is 6.61 Å². The zero-order valence-electron chi connectivity index (χ0n) is 12.0. The maximum atomic E-state index is 12.6. The van der Waals surface area contributed by atoms with Crippen LogP contribution in [0.4, 0.5) is 14.5 Å². The first-order valence-electron chi connectivity index (χ1n) is 7.27. The van der Waals surface area contributed by atoms with E-state index >= 15 is 0 Å². The molecule has 5 heteroatoms. The Morgan fingerprint density at radius 1 is 1.19 bits per heavy atom. The summed E-state index contributed by atoms with van der Waals surface area (Å²) >= 11 is 0. The third kappa shape index (κ3) is 2.64. The second-order valence-electron chi connectivity index (χ2n) is 5.25. The first-order chi connectivity index (χ1) is 10.2. The molecule has 1 aromatic carbocycles. The Balaban J connectivity index is 2.24. The minimum atomic E-state index is -2.84. The molecule has 1 N–H and O–H groups in total. The van der Waals surface area contributed by atoms with Gasteiger partial charge in [-0.3, -0.25) is 0 Å². The van der Waals surface area contributed by atoms with Crippen molar-refractivity contribution in [3.8, 4) is 5.75 Å². The van der Waals surface area contributed by atoms with E-state index in [4.69, 9.17) is 0 Å². The predicted molar refractivity (Wildman–Crippen MR) is 79.2 cm³/mol. The van der Waals surface area contributed by atoms with Crippen LogP contribution in [0.15, 0.2) is 18.2 Å². The highest BCUT2D eigenvalue weighted by Gasteiger charge is 2.19. The Bertz CT molecular complexity index is 658. The average molecular weight is 292 g/mol. The van der Waals surface area contributed by atoms with Crippen molar-refractivity contribution in [3.05, 3.63) is 29.5 Å². The van der Waals surface area contributed by atoms with Crippen LogP contribution in [0.5, 0.6) is 5.75 Å². The molecule has 3 nitrogen and oxygen atoms in total. The van der Waals surface area contributed by atoms with E-state index in [9.17, 15) is 8.78 Å². The highest BCUT2D eigenvalue weighted by molar-refractivity contribution is 5.96. The lowest BCUT2D eigenvalue weighted by Crippen LogP contribution is -2.07. The summed E-state index contributed by atoms with van der Waals surface area (Å²) in [4.78, 5) is 4.64. The van der Waals surface area contributed by atoms with E-state index in [0.717, 1.165) is 42.5 Å². The Morgan fingerprint density at radius 3 is 2.76 bits per heavy atom. The smallest absolute Gasteiger partial charge is 0.387 e. The summed E-state index contributed by atoms with van der Waals surface area (Å²) in [5.41, 5.74) is 3.74. The summed E-state index contributed by atoms with van der Waals surface area (Å²) in [6.45, 7) is -2.84. The SMILES string of the molecule is CNc1c2c(nc3c(OC(F)F)cccc13)CCCCC2. The lowest BCUT2D eigenvalue weighted by molar-refractivity contribution is -0.0489. The maximum absolute atomic E-state index is 12.6. The Kier molecular flexibility index (Phi) is 3.90. The van der Waals surface area contributed by atoms with Crippen molar-refractivity contribution in [1.29, 1.82) is 0 Å². The topological polar surface area (TPSA) is 34.2 Å². The number of pyridine rings is 1. The first-order valence-corrected chi connectivity index (χ1v) is 7.27. The van der Waals surface area contributed by atoms with Gasteiger partial charge in [0, 0.05) is 23.8 Å². The molecule has 2 aromatic rings. The van der Waals surface area contributed by atoms with Crippen molar-refractivity contribution in [1.82, 2.24) is 4.98 Å². The summed E-state index contributed by atoms with van der Waals surface area (Å²) in [6.07, 6.45) is 5.28. The number of aromatic nitrogens is 1. The number of para-hydroxylation sites is 1. The van der Waals surface area contributed by atoms with Crippen molar-refractivity contribution in [2.45, 2.75) is 38.7 Å². The van der Waals surface area contributed by atoms with Gasteiger partial charge in [0.2, 0.25) is 0 Å². The largest absolute Gasteiger partial charge is 0.432 e. The van der Waals surface area contributed by atoms with Gasteiger partial charge in [-0.05, 0) is 37.3 Å². The van der Waals surface area contributed by atoms with Gasteiger partial charge >= 0.3 is 6.61 Å². The molecule has 0 atom stereocenters. The number of rotatable bonds is 3. The normalized spacial score (nSPS) is 14.9. The molecule has 1 heterocycles. The van der Waals surface area contributed by atoms with E-state index in [2.05, 4.69) is 15.0 Å². The number of anilines is 1. The van der Waals surface area contributed by atoms with Crippen molar-refractivity contribution >= 4 is 16.6 Å². The number of hydrogen-bond donors (Lipinski definition) is 1. The fourth-order valence-electron chi connectivity index (χ4n) is 3.07. The van der Waals surface area contributed by atoms with Gasteiger partial charge < -0.3 is 10.1 Å². The number of ether oxygens (including phenoxy) is 1. The second kappa shape index (κ2) is 5.84. The average Bonchev–Trinajstić information content (AvgIpc) is 2.70. The van der Waals surface area contributed by atoms with Crippen LogP contribution >= 0.6 is 0 Å². The number of halogens is 2. The molecular weight excluding hydrogens is 274 g/mol. The number of nitrogens with zero attached hydrogens (tertiary/aromatic N) is 1. The molecule has 0 radical (unpaired) electrons. The number of hydrogen-bond acceptors (Lipinski definition) is 3. The number of benzene rings is 1. The highest BCUT2D eigenvalue weighted by Crippen LogP contribution is 2.36. The van der Waals surface area contributed by atoms with Crippen molar-refractivity contribution in [3.63, 3.8) is 0 Å². The van der Waals surface area contributed by atoms with Crippen LogP contribution in [0.2, 0.25) is 0 Å². The van der Waals surface area contributed by atoms with Crippen LogP contribution in [0.25, 0.3) is 10.9 Å². The van der Waals surface area contributed by atoms with Gasteiger partial charge in [-0.2, -0.15) is 8.78 Å². The van der Waals surface area contributed by atoms with Crippen LogP contribution < -0.4 is 10.1 Å². The molecule has 0 fully saturated rings. The minimum Gasteiger partial charge on any atom is -0.432 e. The predicted octanol–water partition coefficient (Wildman–Crippen LogP) is 4.15. The molecule has 0 saturated heterocycles. The molecule has 0 saturated carbocycles. The monoisotopic (exact) mass is 292 g/mol. The van der Waals surface area contributed by atoms with Crippen LogP contribution in [0.1, 0.15) is 30.5 Å². The van der Waals surface area contributed by atoms with Gasteiger partial charge in [-0.15, -0.1) is 0 Å². The van der Waals surface area contributed by atoms with Gasteiger partial charge in [0.25, 0.3) is 0 Å². The van der Waals surface area contributed by atoms with E-state index in [1.165, 1.54) is 12.0 Å². The zero-order chi connectivity index (χ0) is 14.8. The molecule has 3 rings (SSSR count). The Morgan fingerprint density at radius 2 is 2.00 bits per heavy atom. The summed E-state index contributed by atoms with van der Waals surface area (Å²) in [5, 5.41) is 4.07. The summed E-state index contributed by atoms with van der Waals surface area (Å²) < 4.78 is 29.8. The highest BCUT2D eigenvalue weighted by atomic mass is 19.3. The summed E-state index contributed by atoms with van der Waals surface area (Å²) in [7, 11) is 1.86. The molecule has 0 spiro atoms. The van der Waals surface area contributed by atoms with Crippen molar-refractivity contribution < 1.29 is 13.5 Å².